The second kappa shape index (κ2) is 6.16. The molecule has 1 aromatic carbocycles. The Kier molecular flexibility index (Phi) is 4.53. The van der Waals surface area contributed by atoms with Crippen molar-refractivity contribution in [1.29, 1.82) is 0 Å². The third kappa shape index (κ3) is 4.15. The van der Waals surface area contributed by atoms with Crippen LogP contribution < -0.4 is 5.32 Å². The molecule has 0 spiro atoms. The first kappa shape index (κ1) is 14.7. The molecule has 106 valence electrons. The molecular weight excluding hydrogens is 248 g/mol. The summed E-state index contributed by atoms with van der Waals surface area (Å²) in [5.41, 5.74) is 2.88. The summed E-state index contributed by atoms with van der Waals surface area (Å²) in [6, 6.07) is 12.7. The van der Waals surface area contributed by atoms with Crippen LogP contribution in [0, 0.1) is 0 Å². The number of aliphatic hydroxyl groups is 1. The molecule has 2 rings (SSSR count). The van der Waals surface area contributed by atoms with Crippen molar-refractivity contribution in [3.8, 4) is 11.1 Å². The summed E-state index contributed by atoms with van der Waals surface area (Å²) in [7, 11) is 0. The molecule has 3 nitrogen and oxygen atoms in total. The van der Waals surface area contributed by atoms with E-state index in [0.717, 1.165) is 0 Å². The van der Waals surface area contributed by atoms with Gasteiger partial charge in [-0.05, 0) is 49.6 Å². The van der Waals surface area contributed by atoms with E-state index in [1.54, 1.807) is 26.2 Å². The molecule has 1 atom stereocenters. The highest BCUT2D eigenvalue weighted by atomic mass is 16.3. The molecule has 0 aliphatic carbocycles. The standard InChI is InChI=1S/C17H22N2O/c1-13(19-12-17(2,3)20)14-4-6-15(7-5-14)16-8-10-18-11-9-16/h4-11,13,19-20H,12H2,1-3H3. The SMILES string of the molecule is CC(NCC(C)(C)O)c1ccc(-c2ccncc2)cc1. The van der Waals surface area contributed by atoms with Crippen molar-refractivity contribution in [2.24, 2.45) is 0 Å². The van der Waals surface area contributed by atoms with Crippen molar-refractivity contribution >= 4 is 0 Å². The van der Waals surface area contributed by atoms with E-state index >= 15 is 0 Å². The zero-order valence-electron chi connectivity index (χ0n) is 12.3. The number of aromatic nitrogens is 1. The van der Waals surface area contributed by atoms with Crippen LogP contribution in [-0.4, -0.2) is 22.2 Å². The minimum atomic E-state index is -0.689. The van der Waals surface area contributed by atoms with E-state index in [1.165, 1.54) is 16.7 Å². The molecule has 0 aliphatic rings. The second-order valence-corrected chi connectivity index (χ2v) is 5.77. The number of nitrogens with zero attached hydrogens (tertiary/aromatic N) is 1. The number of hydrogen-bond acceptors (Lipinski definition) is 3. The summed E-state index contributed by atoms with van der Waals surface area (Å²) in [4.78, 5) is 4.03. The summed E-state index contributed by atoms with van der Waals surface area (Å²) >= 11 is 0. The Hall–Kier alpha value is -1.71. The summed E-state index contributed by atoms with van der Waals surface area (Å²) in [5, 5.41) is 13.1. The van der Waals surface area contributed by atoms with Gasteiger partial charge in [-0.25, -0.2) is 0 Å². The minimum Gasteiger partial charge on any atom is -0.389 e. The van der Waals surface area contributed by atoms with E-state index < -0.39 is 5.60 Å². The molecule has 2 N–H and O–H groups in total. The fourth-order valence-corrected chi connectivity index (χ4v) is 2.03. The van der Waals surface area contributed by atoms with Crippen LogP contribution in [0.2, 0.25) is 0 Å². The number of pyridine rings is 1. The first-order valence-electron chi connectivity index (χ1n) is 6.92. The van der Waals surface area contributed by atoms with Gasteiger partial charge in [0.2, 0.25) is 0 Å². The largest absolute Gasteiger partial charge is 0.389 e. The van der Waals surface area contributed by atoms with Gasteiger partial charge < -0.3 is 10.4 Å². The zero-order chi connectivity index (χ0) is 14.6. The van der Waals surface area contributed by atoms with Gasteiger partial charge in [-0.2, -0.15) is 0 Å². The van der Waals surface area contributed by atoms with E-state index in [4.69, 9.17) is 0 Å². The first-order chi connectivity index (χ1) is 9.46. The summed E-state index contributed by atoms with van der Waals surface area (Å²) in [6.45, 7) is 6.28. The number of benzene rings is 1. The van der Waals surface area contributed by atoms with E-state index in [9.17, 15) is 5.11 Å². The van der Waals surface area contributed by atoms with E-state index in [2.05, 4.69) is 41.5 Å². The third-order valence-electron chi connectivity index (χ3n) is 3.27. The highest BCUT2D eigenvalue weighted by Gasteiger charge is 2.14. The van der Waals surface area contributed by atoms with Gasteiger partial charge in [-0.15, -0.1) is 0 Å². The Balaban J connectivity index is 2.05. The van der Waals surface area contributed by atoms with Crippen LogP contribution in [0.4, 0.5) is 0 Å². The maximum atomic E-state index is 9.74. The number of hydrogen-bond donors (Lipinski definition) is 2. The molecule has 0 saturated heterocycles. The number of rotatable bonds is 5. The Morgan fingerprint density at radius 2 is 1.60 bits per heavy atom. The lowest BCUT2D eigenvalue weighted by Crippen LogP contribution is -2.36. The maximum absolute atomic E-state index is 9.74. The predicted octanol–water partition coefficient (Wildman–Crippen LogP) is 3.17. The Morgan fingerprint density at radius 1 is 1.05 bits per heavy atom. The highest BCUT2D eigenvalue weighted by molar-refractivity contribution is 5.62. The molecule has 1 heterocycles. The first-order valence-corrected chi connectivity index (χ1v) is 6.92. The quantitative estimate of drug-likeness (QED) is 0.877. The molecule has 1 unspecified atom stereocenters. The second-order valence-electron chi connectivity index (χ2n) is 5.77. The normalized spacial score (nSPS) is 13.2. The van der Waals surface area contributed by atoms with Crippen LogP contribution in [0.25, 0.3) is 11.1 Å². The molecular formula is C17H22N2O. The lowest BCUT2D eigenvalue weighted by Gasteiger charge is -2.22. The van der Waals surface area contributed by atoms with Gasteiger partial charge in [0, 0.05) is 25.0 Å². The van der Waals surface area contributed by atoms with Gasteiger partial charge in [0.05, 0.1) is 5.60 Å². The van der Waals surface area contributed by atoms with E-state index in [-0.39, 0.29) is 6.04 Å². The van der Waals surface area contributed by atoms with Gasteiger partial charge >= 0.3 is 0 Å². The summed E-state index contributed by atoms with van der Waals surface area (Å²) < 4.78 is 0. The Labute approximate surface area is 120 Å². The molecule has 2 aromatic rings. The summed E-state index contributed by atoms with van der Waals surface area (Å²) in [5.74, 6) is 0. The van der Waals surface area contributed by atoms with Crippen molar-refractivity contribution in [2.45, 2.75) is 32.4 Å². The smallest absolute Gasteiger partial charge is 0.0715 e. The van der Waals surface area contributed by atoms with Crippen LogP contribution in [0.1, 0.15) is 32.4 Å². The van der Waals surface area contributed by atoms with Gasteiger partial charge in [0.25, 0.3) is 0 Å². The maximum Gasteiger partial charge on any atom is 0.0715 e. The molecule has 20 heavy (non-hydrogen) atoms. The van der Waals surface area contributed by atoms with Gasteiger partial charge in [-0.1, -0.05) is 24.3 Å². The molecule has 3 heteroatoms. The summed E-state index contributed by atoms with van der Waals surface area (Å²) in [6.07, 6.45) is 3.60. The average Bonchev–Trinajstić information content (AvgIpc) is 2.45. The van der Waals surface area contributed by atoms with E-state index in [0.29, 0.717) is 6.54 Å². The molecule has 0 fully saturated rings. The third-order valence-corrected chi connectivity index (χ3v) is 3.27. The Bertz CT molecular complexity index is 529. The van der Waals surface area contributed by atoms with Crippen molar-refractivity contribution in [2.75, 3.05) is 6.54 Å². The minimum absolute atomic E-state index is 0.216. The van der Waals surface area contributed by atoms with Gasteiger partial charge in [-0.3, -0.25) is 4.98 Å². The lowest BCUT2D eigenvalue weighted by atomic mass is 10.0. The Morgan fingerprint density at radius 3 is 2.15 bits per heavy atom. The molecule has 0 saturated carbocycles. The van der Waals surface area contributed by atoms with Crippen LogP contribution in [0.15, 0.2) is 48.8 Å². The lowest BCUT2D eigenvalue weighted by molar-refractivity contribution is 0.0770. The van der Waals surface area contributed by atoms with Crippen LogP contribution in [0.3, 0.4) is 0 Å². The number of nitrogens with one attached hydrogen (secondary N) is 1. The van der Waals surface area contributed by atoms with Crippen molar-refractivity contribution in [3.63, 3.8) is 0 Å². The van der Waals surface area contributed by atoms with Crippen LogP contribution >= 0.6 is 0 Å². The molecule has 0 bridgehead atoms. The van der Waals surface area contributed by atoms with Crippen molar-refractivity contribution in [3.05, 3.63) is 54.4 Å². The molecule has 0 aliphatic heterocycles. The fourth-order valence-electron chi connectivity index (χ4n) is 2.03. The van der Waals surface area contributed by atoms with Crippen LogP contribution in [-0.2, 0) is 0 Å². The monoisotopic (exact) mass is 270 g/mol. The average molecular weight is 270 g/mol. The molecule has 0 radical (unpaired) electrons. The fraction of sp³-hybridized carbons (Fsp3) is 0.353. The van der Waals surface area contributed by atoms with Crippen LogP contribution in [0.5, 0.6) is 0 Å². The molecule has 1 aromatic heterocycles. The zero-order valence-corrected chi connectivity index (χ0v) is 12.3. The molecule has 0 amide bonds. The highest BCUT2D eigenvalue weighted by Crippen LogP contribution is 2.21. The van der Waals surface area contributed by atoms with Gasteiger partial charge in [0.1, 0.15) is 0 Å². The van der Waals surface area contributed by atoms with Gasteiger partial charge in [0.15, 0.2) is 0 Å². The van der Waals surface area contributed by atoms with Crippen molar-refractivity contribution in [1.82, 2.24) is 10.3 Å². The predicted molar refractivity (Wildman–Crippen MR) is 82.4 cm³/mol. The van der Waals surface area contributed by atoms with E-state index in [1.807, 2.05) is 12.1 Å². The topological polar surface area (TPSA) is 45.1 Å². The van der Waals surface area contributed by atoms with Crippen molar-refractivity contribution < 1.29 is 5.11 Å².